The highest BCUT2D eigenvalue weighted by Gasteiger charge is 2.16. The van der Waals surface area contributed by atoms with Crippen LogP contribution in [0.4, 0.5) is 4.39 Å². The SMILES string of the molecule is COc1ccc(C(Br)c2ccc(F)cc2C)c(Br)c1. The minimum atomic E-state index is -0.213. The summed E-state index contributed by atoms with van der Waals surface area (Å²) in [5.74, 6) is 0.584. The van der Waals surface area contributed by atoms with E-state index >= 15 is 0 Å². The standard InChI is InChI=1S/C15H13Br2FO/c1-9-7-10(18)3-5-12(9)15(17)13-6-4-11(19-2)8-14(13)16/h3-8,15H,1-2H3. The van der Waals surface area contributed by atoms with Crippen LogP contribution in [0.2, 0.25) is 0 Å². The zero-order valence-corrected chi connectivity index (χ0v) is 13.8. The molecule has 0 fully saturated rings. The molecule has 4 heteroatoms. The summed E-state index contributed by atoms with van der Waals surface area (Å²) in [6.07, 6.45) is 0. The first-order valence-electron chi connectivity index (χ1n) is 5.76. The number of aryl methyl sites for hydroxylation is 1. The van der Waals surface area contributed by atoms with Gasteiger partial charge < -0.3 is 4.74 Å². The van der Waals surface area contributed by atoms with Gasteiger partial charge in [0.05, 0.1) is 11.9 Å². The molecule has 2 aromatic carbocycles. The molecular formula is C15H13Br2FO. The number of benzene rings is 2. The average molecular weight is 388 g/mol. The summed E-state index contributed by atoms with van der Waals surface area (Å²) >= 11 is 7.21. The molecule has 0 N–H and O–H groups in total. The van der Waals surface area contributed by atoms with Gasteiger partial charge in [0, 0.05) is 4.47 Å². The summed E-state index contributed by atoms with van der Waals surface area (Å²) in [6.45, 7) is 1.91. The number of rotatable bonds is 3. The van der Waals surface area contributed by atoms with Crippen molar-refractivity contribution in [2.75, 3.05) is 7.11 Å². The third-order valence-electron chi connectivity index (χ3n) is 2.99. The Morgan fingerprint density at radius 1 is 1.11 bits per heavy atom. The van der Waals surface area contributed by atoms with Crippen molar-refractivity contribution in [3.05, 3.63) is 63.4 Å². The van der Waals surface area contributed by atoms with Crippen molar-refractivity contribution in [3.8, 4) is 5.75 Å². The van der Waals surface area contributed by atoms with Crippen LogP contribution in [0.15, 0.2) is 40.9 Å². The molecule has 0 heterocycles. The average Bonchev–Trinajstić information content (AvgIpc) is 2.37. The van der Waals surface area contributed by atoms with Gasteiger partial charge in [0.25, 0.3) is 0 Å². The third-order valence-corrected chi connectivity index (χ3v) is 4.66. The van der Waals surface area contributed by atoms with Crippen molar-refractivity contribution < 1.29 is 9.13 Å². The van der Waals surface area contributed by atoms with Crippen molar-refractivity contribution in [2.45, 2.75) is 11.8 Å². The van der Waals surface area contributed by atoms with Crippen molar-refractivity contribution in [3.63, 3.8) is 0 Å². The highest BCUT2D eigenvalue weighted by molar-refractivity contribution is 9.11. The third kappa shape index (κ3) is 3.18. The molecule has 2 aromatic rings. The van der Waals surface area contributed by atoms with E-state index in [1.165, 1.54) is 6.07 Å². The van der Waals surface area contributed by atoms with Gasteiger partial charge in [-0.1, -0.05) is 44.0 Å². The largest absolute Gasteiger partial charge is 0.497 e. The molecule has 0 saturated heterocycles. The molecule has 0 aromatic heterocycles. The van der Waals surface area contributed by atoms with Crippen LogP contribution in [-0.2, 0) is 0 Å². The zero-order chi connectivity index (χ0) is 14.0. The maximum Gasteiger partial charge on any atom is 0.123 e. The molecule has 0 amide bonds. The summed E-state index contributed by atoms with van der Waals surface area (Å²) in [4.78, 5) is 0.00776. The Balaban J connectivity index is 2.41. The fourth-order valence-corrected chi connectivity index (χ4v) is 3.74. The molecule has 0 spiro atoms. The maximum atomic E-state index is 13.2. The predicted molar refractivity (Wildman–Crippen MR) is 82.6 cm³/mol. The second-order valence-electron chi connectivity index (χ2n) is 4.25. The summed E-state index contributed by atoms with van der Waals surface area (Å²) < 4.78 is 19.3. The van der Waals surface area contributed by atoms with Gasteiger partial charge in [-0.3, -0.25) is 0 Å². The highest BCUT2D eigenvalue weighted by atomic mass is 79.9. The summed E-state index contributed by atoms with van der Waals surface area (Å²) in [5, 5.41) is 0. The summed E-state index contributed by atoms with van der Waals surface area (Å²) in [6, 6.07) is 10.6. The lowest BCUT2D eigenvalue weighted by molar-refractivity contribution is 0.414. The minimum Gasteiger partial charge on any atom is -0.497 e. The van der Waals surface area contributed by atoms with Crippen LogP contribution in [0, 0.1) is 12.7 Å². The van der Waals surface area contributed by atoms with Crippen molar-refractivity contribution in [1.82, 2.24) is 0 Å². The van der Waals surface area contributed by atoms with Gasteiger partial charge in [0.15, 0.2) is 0 Å². The lowest BCUT2D eigenvalue weighted by atomic mass is 10.0. The molecule has 0 radical (unpaired) electrons. The lowest BCUT2D eigenvalue weighted by Crippen LogP contribution is -1.98. The van der Waals surface area contributed by atoms with Gasteiger partial charge in [-0.2, -0.15) is 0 Å². The van der Waals surface area contributed by atoms with E-state index in [9.17, 15) is 4.39 Å². The van der Waals surface area contributed by atoms with E-state index in [1.807, 2.05) is 25.1 Å². The Bertz CT molecular complexity index is 599. The Morgan fingerprint density at radius 2 is 1.79 bits per heavy atom. The quantitative estimate of drug-likeness (QED) is 0.641. The van der Waals surface area contributed by atoms with Gasteiger partial charge in [0.1, 0.15) is 11.6 Å². The monoisotopic (exact) mass is 386 g/mol. The molecule has 1 unspecified atom stereocenters. The van der Waals surface area contributed by atoms with Crippen LogP contribution >= 0.6 is 31.9 Å². The zero-order valence-electron chi connectivity index (χ0n) is 10.6. The van der Waals surface area contributed by atoms with Gasteiger partial charge in [-0.25, -0.2) is 4.39 Å². The fraction of sp³-hybridized carbons (Fsp3) is 0.200. The van der Waals surface area contributed by atoms with Crippen LogP contribution in [0.5, 0.6) is 5.75 Å². The first-order valence-corrected chi connectivity index (χ1v) is 7.47. The van der Waals surface area contributed by atoms with Crippen LogP contribution in [-0.4, -0.2) is 7.11 Å². The molecule has 19 heavy (non-hydrogen) atoms. The molecule has 0 saturated carbocycles. The van der Waals surface area contributed by atoms with Crippen LogP contribution in [0.3, 0.4) is 0 Å². The lowest BCUT2D eigenvalue weighted by Gasteiger charge is -2.16. The molecule has 2 rings (SSSR count). The molecule has 0 aliphatic rings. The van der Waals surface area contributed by atoms with E-state index in [0.29, 0.717) is 0 Å². The number of ether oxygens (including phenoxy) is 1. The van der Waals surface area contributed by atoms with E-state index in [0.717, 1.165) is 26.9 Å². The number of hydrogen-bond donors (Lipinski definition) is 0. The molecule has 0 aliphatic heterocycles. The van der Waals surface area contributed by atoms with E-state index in [4.69, 9.17) is 4.74 Å². The Morgan fingerprint density at radius 3 is 2.37 bits per heavy atom. The first-order chi connectivity index (χ1) is 9.02. The van der Waals surface area contributed by atoms with Crippen LogP contribution < -0.4 is 4.74 Å². The molecule has 1 nitrogen and oxygen atoms in total. The number of alkyl halides is 1. The van der Waals surface area contributed by atoms with E-state index in [1.54, 1.807) is 19.2 Å². The van der Waals surface area contributed by atoms with Crippen LogP contribution in [0.25, 0.3) is 0 Å². The second-order valence-corrected chi connectivity index (χ2v) is 6.02. The smallest absolute Gasteiger partial charge is 0.123 e. The Hall–Kier alpha value is -0.870. The van der Waals surface area contributed by atoms with Crippen molar-refractivity contribution in [2.24, 2.45) is 0 Å². The normalized spacial score (nSPS) is 12.3. The molecule has 1 atom stereocenters. The van der Waals surface area contributed by atoms with E-state index < -0.39 is 0 Å². The van der Waals surface area contributed by atoms with E-state index in [2.05, 4.69) is 31.9 Å². The number of methoxy groups -OCH3 is 1. The number of halogens is 3. The minimum absolute atomic E-state index is 0.00776. The Labute approximate surface area is 129 Å². The highest BCUT2D eigenvalue weighted by Crippen LogP contribution is 2.38. The maximum absolute atomic E-state index is 13.2. The van der Waals surface area contributed by atoms with Gasteiger partial charge in [0.2, 0.25) is 0 Å². The fourth-order valence-electron chi connectivity index (χ4n) is 1.93. The van der Waals surface area contributed by atoms with Gasteiger partial charge in [-0.05, 0) is 47.9 Å². The second kappa shape index (κ2) is 6.06. The van der Waals surface area contributed by atoms with Gasteiger partial charge >= 0.3 is 0 Å². The summed E-state index contributed by atoms with van der Waals surface area (Å²) in [5.41, 5.74) is 3.05. The molecule has 0 aliphatic carbocycles. The molecule has 0 bridgehead atoms. The topological polar surface area (TPSA) is 9.23 Å². The summed E-state index contributed by atoms with van der Waals surface area (Å²) in [7, 11) is 1.64. The first kappa shape index (κ1) is 14.5. The molecular weight excluding hydrogens is 375 g/mol. The van der Waals surface area contributed by atoms with E-state index in [-0.39, 0.29) is 10.6 Å². The van der Waals surface area contributed by atoms with Crippen LogP contribution in [0.1, 0.15) is 21.5 Å². The molecule has 100 valence electrons. The predicted octanol–water partition coefficient (Wildman–Crippen LogP) is 5.39. The van der Waals surface area contributed by atoms with Crippen molar-refractivity contribution >= 4 is 31.9 Å². The van der Waals surface area contributed by atoms with Crippen molar-refractivity contribution in [1.29, 1.82) is 0 Å². The van der Waals surface area contributed by atoms with Gasteiger partial charge in [-0.15, -0.1) is 0 Å². The Kier molecular flexibility index (Phi) is 4.63. The number of hydrogen-bond acceptors (Lipinski definition) is 1.